The number of rotatable bonds is 8. The molecule has 0 aliphatic heterocycles. The van der Waals surface area contributed by atoms with Crippen LogP contribution in [0.1, 0.15) is 56.0 Å². The van der Waals surface area contributed by atoms with Crippen LogP contribution >= 0.6 is 0 Å². The SMILES string of the molecule is CCCOc1ccccc1C(=O)NNC(=O)C(C)Oc1ccc(C(C)C)cc1. The summed E-state index contributed by atoms with van der Waals surface area (Å²) < 4.78 is 11.2. The number of nitrogens with one attached hydrogen (secondary N) is 2. The minimum absolute atomic E-state index is 0.356. The van der Waals surface area contributed by atoms with E-state index >= 15 is 0 Å². The summed E-state index contributed by atoms with van der Waals surface area (Å²) in [5.41, 5.74) is 6.35. The van der Waals surface area contributed by atoms with Crippen LogP contribution < -0.4 is 20.3 Å². The quantitative estimate of drug-likeness (QED) is 0.678. The van der Waals surface area contributed by atoms with Crippen LogP contribution in [0.2, 0.25) is 0 Å². The van der Waals surface area contributed by atoms with Gasteiger partial charge in [0.1, 0.15) is 11.5 Å². The molecule has 0 bridgehead atoms. The molecule has 0 aromatic heterocycles. The Bertz CT molecular complexity index is 787. The molecular weight excluding hydrogens is 356 g/mol. The van der Waals surface area contributed by atoms with E-state index < -0.39 is 17.9 Å². The van der Waals surface area contributed by atoms with Gasteiger partial charge in [0.2, 0.25) is 0 Å². The van der Waals surface area contributed by atoms with Crippen molar-refractivity contribution < 1.29 is 19.1 Å². The second-order valence-electron chi connectivity index (χ2n) is 6.77. The Hall–Kier alpha value is -3.02. The zero-order chi connectivity index (χ0) is 20.5. The number of hydrogen-bond donors (Lipinski definition) is 2. The first kappa shape index (κ1) is 21.3. The maximum absolute atomic E-state index is 12.4. The number of ether oxygens (including phenoxy) is 2. The molecule has 0 fully saturated rings. The van der Waals surface area contributed by atoms with Crippen LogP contribution in [0.25, 0.3) is 0 Å². The van der Waals surface area contributed by atoms with Gasteiger partial charge >= 0.3 is 0 Å². The fourth-order valence-electron chi connectivity index (χ4n) is 2.47. The molecule has 0 aliphatic carbocycles. The van der Waals surface area contributed by atoms with E-state index in [2.05, 4.69) is 24.7 Å². The standard InChI is InChI=1S/C22H28N2O4/c1-5-14-27-20-9-7-6-8-19(20)22(26)24-23-21(25)16(4)28-18-12-10-17(11-13-18)15(2)3/h6-13,15-16H,5,14H2,1-4H3,(H,23,25)(H,24,26). The van der Waals surface area contributed by atoms with Gasteiger partial charge in [-0.1, -0.05) is 45.0 Å². The highest BCUT2D eigenvalue weighted by atomic mass is 16.5. The van der Waals surface area contributed by atoms with Crippen molar-refractivity contribution in [3.05, 3.63) is 59.7 Å². The molecular formula is C22H28N2O4. The molecule has 0 aliphatic rings. The summed E-state index contributed by atoms with van der Waals surface area (Å²) in [6.45, 7) is 8.34. The third kappa shape index (κ3) is 6.01. The molecule has 6 nitrogen and oxygen atoms in total. The van der Waals surface area contributed by atoms with Gasteiger partial charge in [-0.05, 0) is 49.1 Å². The van der Waals surface area contributed by atoms with Gasteiger partial charge < -0.3 is 9.47 Å². The van der Waals surface area contributed by atoms with E-state index in [-0.39, 0.29) is 0 Å². The number of para-hydroxylation sites is 1. The first-order valence-corrected chi connectivity index (χ1v) is 9.51. The zero-order valence-corrected chi connectivity index (χ0v) is 16.8. The van der Waals surface area contributed by atoms with E-state index in [0.29, 0.717) is 29.6 Å². The highest BCUT2D eigenvalue weighted by Gasteiger charge is 2.17. The van der Waals surface area contributed by atoms with Crippen LogP contribution in [0.3, 0.4) is 0 Å². The molecule has 2 aromatic carbocycles. The van der Waals surface area contributed by atoms with E-state index in [1.54, 1.807) is 31.2 Å². The van der Waals surface area contributed by atoms with E-state index in [1.165, 1.54) is 5.56 Å². The van der Waals surface area contributed by atoms with Crippen molar-refractivity contribution in [2.75, 3.05) is 6.61 Å². The smallest absolute Gasteiger partial charge is 0.279 e. The minimum atomic E-state index is -0.767. The van der Waals surface area contributed by atoms with Crippen molar-refractivity contribution in [1.29, 1.82) is 0 Å². The molecule has 2 aromatic rings. The predicted octanol–water partition coefficient (Wildman–Crippen LogP) is 3.83. The highest BCUT2D eigenvalue weighted by molar-refractivity contribution is 5.98. The molecule has 6 heteroatoms. The lowest BCUT2D eigenvalue weighted by atomic mass is 10.0. The molecule has 28 heavy (non-hydrogen) atoms. The Morgan fingerprint density at radius 3 is 2.29 bits per heavy atom. The Morgan fingerprint density at radius 1 is 0.964 bits per heavy atom. The summed E-state index contributed by atoms with van der Waals surface area (Å²) in [6, 6.07) is 14.5. The van der Waals surface area contributed by atoms with Crippen molar-refractivity contribution >= 4 is 11.8 Å². The minimum Gasteiger partial charge on any atom is -0.493 e. The molecule has 1 unspecified atom stereocenters. The van der Waals surface area contributed by atoms with Crippen LogP contribution in [0, 0.1) is 0 Å². The van der Waals surface area contributed by atoms with Gasteiger partial charge in [-0.25, -0.2) is 0 Å². The number of amides is 2. The Balaban J connectivity index is 1.89. The van der Waals surface area contributed by atoms with Crippen LogP contribution in [-0.2, 0) is 4.79 Å². The average Bonchev–Trinajstić information content (AvgIpc) is 2.70. The lowest BCUT2D eigenvalue weighted by Crippen LogP contribution is -2.47. The summed E-state index contributed by atoms with van der Waals surface area (Å²) in [5, 5.41) is 0. The topological polar surface area (TPSA) is 76.7 Å². The Morgan fingerprint density at radius 2 is 1.64 bits per heavy atom. The van der Waals surface area contributed by atoms with Gasteiger partial charge in [-0.3, -0.25) is 20.4 Å². The number of hydrogen-bond acceptors (Lipinski definition) is 4. The number of benzene rings is 2. The molecule has 2 N–H and O–H groups in total. The van der Waals surface area contributed by atoms with Gasteiger partial charge in [0.05, 0.1) is 12.2 Å². The van der Waals surface area contributed by atoms with Crippen LogP contribution in [-0.4, -0.2) is 24.5 Å². The Kier molecular flexibility index (Phi) is 7.87. The van der Waals surface area contributed by atoms with Gasteiger partial charge in [-0.2, -0.15) is 0 Å². The Labute approximate surface area is 166 Å². The third-order valence-electron chi connectivity index (χ3n) is 4.12. The highest BCUT2D eigenvalue weighted by Crippen LogP contribution is 2.20. The van der Waals surface area contributed by atoms with E-state index in [9.17, 15) is 9.59 Å². The molecule has 0 saturated carbocycles. The molecule has 0 radical (unpaired) electrons. The molecule has 2 rings (SSSR count). The fourth-order valence-corrected chi connectivity index (χ4v) is 2.47. The van der Waals surface area contributed by atoms with Crippen molar-refractivity contribution in [3.8, 4) is 11.5 Å². The summed E-state index contributed by atoms with van der Waals surface area (Å²) in [5.74, 6) is 0.596. The lowest BCUT2D eigenvalue weighted by Gasteiger charge is -2.16. The number of carbonyl (C=O) groups excluding carboxylic acids is 2. The van der Waals surface area contributed by atoms with Gasteiger partial charge in [-0.15, -0.1) is 0 Å². The molecule has 0 saturated heterocycles. The predicted molar refractivity (Wildman–Crippen MR) is 108 cm³/mol. The second kappa shape index (κ2) is 10.3. The summed E-state index contributed by atoms with van der Waals surface area (Å²) >= 11 is 0. The van der Waals surface area contributed by atoms with Crippen LogP contribution in [0.15, 0.2) is 48.5 Å². The van der Waals surface area contributed by atoms with Gasteiger partial charge in [0.15, 0.2) is 6.10 Å². The molecule has 150 valence electrons. The third-order valence-corrected chi connectivity index (χ3v) is 4.12. The van der Waals surface area contributed by atoms with Crippen LogP contribution in [0.4, 0.5) is 0 Å². The number of hydrazine groups is 1. The maximum Gasteiger partial charge on any atom is 0.279 e. The van der Waals surface area contributed by atoms with E-state index in [0.717, 1.165) is 6.42 Å². The summed E-state index contributed by atoms with van der Waals surface area (Å²) in [6.07, 6.45) is 0.0662. The normalized spacial score (nSPS) is 11.6. The van der Waals surface area contributed by atoms with Gasteiger partial charge in [0, 0.05) is 0 Å². The first-order chi connectivity index (χ1) is 13.4. The maximum atomic E-state index is 12.4. The van der Waals surface area contributed by atoms with Crippen molar-refractivity contribution in [1.82, 2.24) is 10.9 Å². The monoisotopic (exact) mass is 384 g/mol. The lowest BCUT2D eigenvalue weighted by molar-refractivity contribution is -0.128. The molecule has 0 spiro atoms. The second-order valence-corrected chi connectivity index (χ2v) is 6.77. The van der Waals surface area contributed by atoms with Crippen molar-refractivity contribution in [3.63, 3.8) is 0 Å². The summed E-state index contributed by atoms with van der Waals surface area (Å²) in [4.78, 5) is 24.6. The van der Waals surface area contributed by atoms with Crippen molar-refractivity contribution in [2.24, 2.45) is 0 Å². The zero-order valence-electron chi connectivity index (χ0n) is 16.8. The average molecular weight is 384 g/mol. The van der Waals surface area contributed by atoms with Gasteiger partial charge in [0.25, 0.3) is 11.8 Å². The summed E-state index contributed by atoms with van der Waals surface area (Å²) in [7, 11) is 0. The van der Waals surface area contributed by atoms with Crippen molar-refractivity contribution in [2.45, 2.75) is 46.1 Å². The largest absolute Gasteiger partial charge is 0.493 e. The molecule has 2 amide bonds. The first-order valence-electron chi connectivity index (χ1n) is 9.51. The van der Waals surface area contributed by atoms with E-state index in [4.69, 9.17) is 9.47 Å². The fraction of sp³-hybridized carbons (Fsp3) is 0.364. The van der Waals surface area contributed by atoms with Crippen LogP contribution in [0.5, 0.6) is 11.5 Å². The number of carbonyl (C=O) groups is 2. The molecule has 1 atom stereocenters. The van der Waals surface area contributed by atoms with E-state index in [1.807, 2.05) is 31.2 Å². The molecule has 0 heterocycles.